The normalized spacial score (nSPS) is 25.6. The van der Waals surface area contributed by atoms with Crippen molar-refractivity contribution >= 4 is 39.4 Å². The molecule has 3 aromatic rings. The third-order valence-electron chi connectivity index (χ3n) is 5.46. The average molecular weight is 467 g/mol. The number of ether oxygens (including phenoxy) is 1. The number of aromatic amines is 1. The summed E-state index contributed by atoms with van der Waals surface area (Å²) >= 11 is 2.58. The van der Waals surface area contributed by atoms with Gasteiger partial charge in [-0.3, -0.25) is 9.30 Å². The molecule has 3 aromatic heterocycles. The number of rotatable bonds is 4. The molecular weight excluding hydrogens is 445 g/mol. The first-order valence-corrected chi connectivity index (χ1v) is 10.4. The van der Waals surface area contributed by atoms with Crippen molar-refractivity contribution in [3.63, 3.8) is 0 Å². The maximum absolute atomic E-state index is 5.44. The van der Waals surface area contributed by atoms with Crippen LogP contribution in [0.5, 0.6) is 0 Å². The number of hydrogen-bond donors (Lipinski definition) is 1. The van der Waals surface area contributed by atoms with Crippen molar-refractivity contribution in [1.82, 2.24) is 34.4 Å². The van der Waals surface area contributed by atoms with Crippen LogP contribution >= 0.6 is 22.6 Å². The second-order valence-electron chi connectivity index (χ2n) is 7.06. The van der Waals surface area contributed by atoms with Gasteiger partial charge in [-0.05, 0) is 6.07 Å². The zero-order chi connectivity index (χ0) is 17.5. The van der Waals surface area contributed by atoms with Crippen LogP contribution in [0.1, 0.15) is 11.7 Å². The molecule has 26 heavy (non-hydrogen) atoms. The van der Waals surface area contributed by atoms with E-state index in [-0.39, 0.29) is 0 Å². The minimum Gasteiger partial charge on any atom is -0.379 e. The number of aromatic nitrogens is 5. The van der Waals surface area contributed by atoms with E-state index in [4.69, 9.17) is 4.74 Å². The van der Waals surface area contributed by atoms with Crippen LogP contribution in [-0.2, 0) is 4.74 Å². The van der Waals surface area contributed by atoms with Gasteiger partial charge in [0.25, 0.3) is 0 Å². The van der Waals surface area contributed by atoms with Gasteiger partial charge in [0.2, 0.25) is 0 Å². The van der Waals surface area contributed by atoms with E-state index < -0.39 is 0 Å². The van der Waals surface area contributed by atoms with Crippen LogP contribution in [0.15, 0.2) is 18.5 Å². The minimum atomic E-state index is 0.385. The number of likely N-dealkylation sites (tertiary alicyclic amines) is 1. The highest BCUT2D eigenvalue weighted by Crippen LogP contribution is 2.33. The second-order valence-corrected chi connectivity index (χ2v) is 8.66. The lowest BCUT2D eigenvalue weighted by atomic mass is 10.1. The highest BCUT2D eigenvalue weighted by molar-refractivity contribution is 14.1. The van der Waals surface area contributed by atoms with E-state index in [9.17, 15) is 0 Å². The molecule has 2 aliphatic heterocycles. The predicted octanol–water partition coefficient (Wildman–Crippen LogP) is 1.14. The van der Waals surface area contributed by atoms with E-state index in [0.717, 1.165) is 75.1 Å². The van der Waals surface area contributed by atoms with Gasteiger partial charge in [-0.15, -0.1) is 10.2 Å². The molecule has 0 radical (unpaired) electrons. The van der Waals surface area contributed by atoms with E-state index in [1.54, 1.807) is 6.20 Å². The van der Waals surface area contributed by atoms with Crippen LogP contribution in [-0.4, -0.2) is 90.8 Å². The first-order chi connectivity index (χ1) is 12.8. The molecule has 0 amide bonds. The summed E-state index contributed by atoms with van der Waals surface area (Å²) in [6, 6.07) is 2.05. The molecule has 8 nitrogen and oxygen atoms in total. The van der Waals surface area contributed by atoms with E-state index in [2.05, 4.69) is 63.0 Å². The monoisotopic (exact) mass is 467 g/mol. The Hall–Kier alpha value is -1.30. The smallest absolute Gasteiger partial charge is 0.179 e. The van der Waals surface area contributed by atoms with Crippen LogP contribution < -0.4 is 0 Å². The topological polar surface area (TPSA) is 74.6 Å². The summed E-state index contributed by atoms with van der Waals surface area (Å²) in [5, 5.41) is 8.91. The van der Waals surface area contributed by atoms with Crippen molar-refractivity contribution in [3.8, 4) is 0 Å². The SMILES string of the molecule is I[C@@H]1CN(CCN2CCOCC2)C[C@@H]1c1nnc2cnc3[nH]ccc3n12. The molecule has 0 bridgehead atoms. The van der Waals surface area contributed by atoms with Crippen molar-refractivity contribution in [2.45, 2.75) is 9.84 Å². The molecule has 2 aliphatic rings. The Morgan fingerprint density at radius 1 is 1.15 bits per heavy atom. The molecule has 0 unspecified atom stereocenters. The molecular formula is C17H22IN7O. The number of H-pyrrole nitrogens is 1. The average Bonchev–Trinajstić information content (AvgIpc) is 3.37. The Bertz CT molecular complexity index is 903. The first kappa shape index (κ1) is 16.8. The maximum atomic E-state index is 5.44. The van der Waals surface area contributed by atoms with Crippen LogP contribution in [0.25, 0.3) is 16.8 Å². The van der Waals surface area contributed by atoms with Crippen molar-refractivity contribution in [2.75, 3.05) is 52.5 Å². The molecule has 0 spiro atoms. The summed E-state index contributed by atoms with van der Waals surface area (Å²) in [7, 11) is 0. The molecule has 2 atom stereocenters. The number of hydrogen-bond acceptors (Lipinski definition) is 6. The van der Waals surface area contributed by atoms with Gasteiger partial charge in [0, 0.05) is 55.3 Å². The van der Waals surface area contributed by atoms with Crippen molar-refractivity contribution in [3.05, 3.63) is 24.3 Å². The van der Waals surface area contributed by atoms with Crippen molar-refractivity contribution in [2.24, 2.45) is 0 Å². The third-order valence-corrected chi connectivity index (χ3v) is 6.72. The molecule has 1 N–H and O–H groups in total. The fourth-order valence-corrected chi connectivity index (χ4v) is 5.12. The molecule has 0 saturated carbocycles. The molecule has 0 aliphatic carbocycles. The Morgan fingerprint density at radius 2 is 2.00 bits per heavy atom. The van der Waals surface area contributed by atoms with Gasteiger partial charge < -0.3 is 14.6 Å². The fraction of sp³-hybridized carbons (Fsp3) is 0.588. The molecule has 5 heterocycles. The molecule has 138 valence electrons. The Labute approximate surface area is 165 Å². The number of fused-ring (bicyclic) bond motifs is 3. The molecule has 2 saturated heterocycles. The van der Waals surface area contributed by atoms with Crippen LogP contribution in [0, 0.1) is 0 Å². The van der Waals surface area contributed by atoms with Crippen LogP contribution in [0.3, 0.4) is 0 Å². The van der Waals surface area contributed by atoms with E-state index in [1.165, 1.54) is 0 Å². The first-order valence-electron chi connectivity index (χ1n) is 9.13. The number of nitrogens with zero attached hydrogens (tertiary/aromatic N) is 6. The summed E-state index contributed by atoms with van der Waals surface area (Å²) in [5.41, 5.74) is 2.76. The summed E-state index contributed by atoms with van der Waals surface area (Å²) in [4.78, 5) is 12.7. The summed E-state index contributed by atoms with van der Waals surface area (Å²) in [6.45, 7) is 8.20. The molecule has 0 aromatic carbocycles. The Kier molecular flexibility index (Phi) is 4.55. The standard InChI is InChI=1S/C17H22IN7O/c18-13-11-24(4-3-23-5-7-26-8-6-23)10-12(13)17-22-21-15-9-20-16-14(25(15)17)1-2-19-16/h1-2,9,12-13,19H,3-8,10-11H2/t12-,13+/m0/s1. The highest BCUT2D eigenvalue weighted by Gasteiger charge is 2.35. The van der Waals surface area contributed by atoms with E-state index in [1.807, 2.05) is 6.20 Å². The van der Waals surface area contributed by atoms with E-state index >= 15 is 0 Å². The van der Waals surface area contributed by atoms with Gasteiger partial charge >= 0.3 is 0 Å². The summed E-state index contributed by atoms with van der Waals surface area (Å²) < 4.78 is 8.14. The summed E-state index contributed by atoms with van der Waals surface area (Å²) in [5.74, 6) is 1.44. The van der Waals surface area contributed by atoms with E-state index in [0.29, 0.717) is 9.84 Å². The Morgan fingerprint density at radius 3 is 2.88 bits per heavy atom. The lowest BCUT2D eigenvalue weighted by Crippen LogP contribution is -2.41. The highest BCUT2D eigenvalue weighted by atomic mass is 127. The fourth-order valence-electron chi connectivity index (χ4n) is 4.01. The largest absolute Gasteiger partial charge is 0.379 e. The van der Waals surface area contributed by atoms with Crippen molar-refractivity contribution < 1.29 is 4.74 Å². The number of nitrogens with one attached hydrogen (secondary N) is 1. The van der Waals surface area contributed by atoms with Gasteiger partial charge in [-0.2, -0.15) is 0 Å². The van der Waals surface area contributed by atoms with Gasteiger partial charge in [0.15, 0.2) is 11.3 Å². The maximum Gasteiger partial charge on any atom is 0.179 e. The van der Waals surface area contributed by atoms with Gasteiger partial charge in [-0.1, -0.05) is 22.6 Å². The number of alkyl halides is 1. The lowest BCUT2D eigenvalue weighted by molar-refractivity contribution is 0.0344. The molecule has 2 fully saturated rings. The zero-order valence-electron chi connectivity index (χ0n) is 14.5. The van der Waals surface area contributed by atoms with Gasteiger partial charge in [0.1, 0.15) is 5.82 Å². The molecule has 5 rings (SSSR count). The number of halogens is 1. The van der Waals surface area contributed by atoms with Crippen molar-refractivity contribution in [1.29, 1.82) is 0 Å². The van der Waals surface area contributed by atoms with Gasteiger partial charge in [0.05, 0.1) is 24.9 Å². The van der Waals surface area contributed by atoms with Crippen LogP contribution in [0.4, 0.5) is 0 Å². The Balaban J connectivity index is 1.35. The zero-order valence-corrected chi connectivity index (χ0v) is 16.7. The third kappa shape index (κ3) is 3.00. The quantitative estimate of drug-likeness (QED) is 0.459. The lowest BCUT2D eigenvalue weighted by Gasteiger charge is -2.28. The predicted molar refractivity (Wildman–Crippen MR) is 107 cm³/mol. The minimum absolute atomic E-state index is 0.385. The summed E-state index contributed by atoms with van der Waals surface area (Å²) in [6.07, 6.45) is 3.72. The van der Waals surface area contributed by atoms with Crippen LogP contribution in [0.2, 0.25) is 0 Å². The second kappa shape index (κ2) is 7.02. The molecule has 9 heteroatoms. The van der Waals surface area contributed by atoms with Gasteiger partial charge in [-0.25, -0.2) is 4.98 Å². The number of morpholine rings is 1.